The first-order chi connectivity index (χ1) is 8.29. The predicted octanol–water partition coefficient (Wildman–Crippen LogP) is 0.743. The molecule has 1 amide bonds. The number of hydrogen-bond acceptors (Lipinski definition) is 4. The van der Waals surface area contributed by atoms with E-state index in [2.05, 4.69) is 20.7 Å². The number of H-pyrrole nitrogens is 1. The maximum atomic E-state index is 11.6. The molecule has 0 fully saturated rings. The van der Waals surface area contributed by atoms with E-state index in [0.29, 0.717) is 6.54 Å². The first-order valence-corrected chi connectivity index (χ1v) is 5.06. The minimum absolute atomic E-state index is 0.262. The van der Waals surface area contributed by atoms with Crippen LogP contribution in [0.15, 0.2) is 30.5 Å². The Bertz CT molecular complexity index is 496. The quantitative estimate of drug-likeness (QED) is 0.815. The molecule has 17 heavy (non-hydrogen) atoms. The molecule has 88 valence electrons. The Kier molecular flexibility index (Phi) is 3.34. The number of rotatable bonds is 4. The molecular weight excluding hydrogens is 220 g/mol. The summed E-state index contributed by atoms with van der Waals surface area (Å²) in [5.41, 5.74) is 1.23. The third-order valence-corrected chi connectivity index (χ3v) is 2.23. The summed E-state index contributed by atoms with van der Waals surface area (Å²) in [6.45, 7) is 0.420. The molecule has 1 heterocycles. The van der Waals surface area contributed by atoms with Gasteiger partial charge in [0.2, 0.25) is 0 Å². The van der Waals surface area contributed by atoms with Crippen molar-refractivity contribution in [2.75, 3.05) is 7.11 Å². The molecule has 0 aliphatic heterocycles. The maximum absolute atomic E-state index is 11.6. The van der Waals surface area contributed by atoms with E-state index in [1.54, 1.807) is 7.11 Å². The lowest BCUT2D eigenvalue weighted by Gasteiger charge is -2.05. The fourth-order valence-corrected chi connectivity index (χ4v) is 1.37. The van der Waals surface area contributed by atoms with Crippen molar-refractivity contribution >= 4 is 5.91 Å². The Morgan fingerprint density at radius 2 is 2.41 bits per heavy atom. The van der Waals surface area contributed by atoms with E-state index >= 15 is 0 Å². The van der Waals surface area contributed by atoms with Gasteiger partial charge in [-0.1, -0.05) is 12.1 Å². The van der Waals surface area contributed by atoms with Crippen molar-refractivity contribution < 1.29 is 9.53 Å². The van der Waals surface area contributed by atoms with Crippen molar-refractivity contribution in [2.45, 2.75) is 6.54 Å². The average Bonchev–Trinajstić information content (AvgIpc) is 2.90. The van der Waals surface area contributed by atoms with Gasteiger partial charge in [-0.05, 0) is 17.7 Å². The van der Waals surface area contributed by atoms with E-state index in [-0.39, 0.29) is 11.6 Å². The van der Waals surface area contributed by atoms with Crippen LogP contribution in [0.1, 0.15) is 16.1 Å². The fourth-order valence-electron chi connectivity index (χ4n) is 1.37. The molecule has 2 aromatic rings. The van der Waals surface area contributed by atoms with Crippen LogP contribution < -0.4 is 10.1 Å². The summed E-state index contributed by atoms with van der Waals surface area (Å²) in [5, 5.41) is 12.4. The van der Waals surface area contributed by atoms with Gasteiger partial charge in [0.25, 0.3) is 5.91 Å². The summed E-state index contributed by atoms with van der Waals surface area (Å²) in [7, 11) is 1.60. The minimum Gasteiger partial charge on any atom is -0.497 e. The molecule has 0 radical (unpaired) electrons. The van der Waals surface area contributed by atoms with Gasteiger partial charge in [-0.3, -0.25) is 4.79 Å². The van der Waals surface area contributed by atoms with E-state index in [9.17, 15) is 4.79 Å². The fraction of sp³-hybridized carbons (Fsp3) is 0.182. The van der Waals surface area contributed by atoms with Gasteiger partial charge in [-0.25, -0.2) is 0 Å². The van der Waals surface area contributed by atoms with Gasteiger partial charge in [0.05, 0.1) is 13.3 Å². The molecule has 2 N–H and O–H groups in total. The SMILES string of the molecule is COc1cccc(CNC(=O)c2cn[nH]n2)c1. The summed E-state index contributed by atoms with van der Waals surface area (Å²) < 4.78 is 5.09. The second-order valence-electron chi connectivity index (χ2n) is 3.39. The standard InChI is InChI=1S/C11H12N4O2/c1-17-9-4-2-3-8(5-9)6-12-11(16)10-7-13-15-14-10/h2-5,7H,6H2,1H3,(H,12,16)(H,13,14,15). The summed E-state index contributed by atoms with van der Waals surface area (Å²) in [6, 6.07) is 7.49. The molecule has 2 rings (SSSR count). The third kappa shape index (κ3) is 2.81. The number of ether oxygens (including phenoxy) is 1. The van der Waals surface area contributed by atoms with Crippen LogP contribution in [-0.4, -0.2) is 28.4 Å². The summed E-state index contributed by atoms with van der Waals surface area (Å²) in [4.78, 5) is 11.6. The number of nitrogens with zero attached hydrogens (tertiary/aromatic N) is 2. The van der Waals surface area contributed by atoms with E-state index in [1.165, 1.54) is 6.20 Å². The molecule has 0 spiro atoms. The second-order valence-corrected chi connectivity index (χ2v) is 3.39. The van der Waals surface area contributed by atoms with Gasteiger partial charge in [0, 0.05) is 6.54 Å². The van der Waals surface area contributed by atoms with Gasteiger partial charge >= 0.3 is 0 Å². The molecule has 0 unspecified atom stereocenters. The Morgan fingerprint density at radius 1 is 1.53 bits per heavy atom. The van der Waals surface area contributed by atoms with E-state index in [0.717, 1.165) is 11.3 Å². The van der Waals surface area contributed by atoms with Crippen LogP contribution in [0.3, 0.4) is 0 Å². The van der Waals surface area contributed by atoms with Gasteiger partial charge in [0.15, 0.2) is 5.69 Å². The molecule has 0 saturated carbocycles. The smallest absolute Gasteiger partial charge is 0.273 e. The Labute approximate surface area is 98.0 Å². The highest BCUT2D eigenvalue weighted by atomic mass is 16.5. The highest BCUT2D eigenvalue weighted by Gasteiger charge is 2.07. The van der Waals surface area contributed by atoms with Crippen LogP contribution in [0.5, 0.6) is 5.75 Å². The van der Waals surface area contributed by atoms with Gasteiger partial charge < -0.3 is 10.1 Å². The normalized spacial score (nSPS) is 9.94. The number of aromatic nitrogens is 3. The number of benzene rings is 1. The minimum atomic E-state index is -0.262. The van der Waals surface area contributed by atoms with Crippen LogP contribution >= 0.6 is 0 Å². The number of nitrogens with one attached hydrogen (secondary N) is 2. The number of amides is 1. The molecule has 0 aliphatic carbocycles. The van der Waals surface area contributed by atoms with Crippen LogP contribution in [0.2, 0.25) is 0 Å². The number of carbonyl (C=O) groups is 1. The molecule has 6 nitrogen and oxygen atoms in total. The van der Waals surface area contributed by atoms with Crippen LogP contribution in [0.4, 0.5) is 0 Å². The monoisotopic (exact) mass is 232 g/mol. The molecule has 6 heteroatoms. The average molecular weight is 232 g/mol. The first-order valence-electron chi connectivity index (χ1n) is 5.06. The lowest BCUT2D eigenvalue weighted by Crippen LogP contribution is -2.23. The van der Waals surface area contributed by atoms with Crippen LogP contribution in [0, 0.1) is 0 Å². The van der Waals surface area contributed by atoms with Crippen LogP contribution in [-0.2, 0) is 6.54 Å². The van der Waals surface area contributed by atoms with Crippen molar-refractivity contribution in [1.82, 2.24) is 20.7 Å². The summed E-state index contributed by atoms with van der Waals surface area (Å²) in [6.07, 6.45) is 1.38. The number of aromatic amines is 1. The Balaban J connectivity index is 1.95. The van der Waals surface area contributed by atoms with E-state index < -0.39 is 0 Å². The zero-order chi connectivity index (χ0) is 12.1. The van der Waals surface area contributed by atoms with Crippen molar-refractivity contribution in [3.63, 3.8) is 0 Å². The Morgan fingerprint density at radius 3 is 3.12 bits per heavy atom. The summed E-state index contributed by atoms with van der Waals surface area (Å²) >= 11 is 0. The molecule has 0 saturated heterocycles. The maximum Gasteiger partial charge on any atom is 0.273 e. The predicted molar refractivity (Wildman–Crippen MR) is 60.5 cm³/mol. The largest absolute Gasteiger partial charge is 0.497 e. The zero-order valence-corrected chi connectivity index (χ0v) is 9.30. The first kappa shape index (κ1) is 11.1. The van der Waals surface area contributed by atoms with Crippen molar-refractivity contribution in [2.24, 2.45) is 0 Å². The van der Waals surface area contributed by atoms with Crippen molar-refractivity contribution in [3.05, 3.63) is 41.7 Å². The van der Waals surface area contributed by atoms with Crippen molar-refractivity contribution in [1.29, 1.82) is 0 Å². The Hall–Kier alpha value is -2.37. The highest BCUT2D eigenvalue weighted by molar-refractivity contribution is 5.91. The molecular formula is C11H12N4O2. The number of methoxy groups -OCH3 is 1. The van der Waals surface area contributed by atoms with Gasteiger partial charge in [0.1, 0.15) is 5.75 Å². The van der Waals surface area contributed by atoms with Crippen molar-refractivity contribution in [3.8, 4) is 5.75 Å². The van der Waals surface area contributed by atoms with Gasteiger partial charge in [-0.15, -0.1) is 0 Å². The molecule has 1 aromatic heterocycles. The molecule has 1 aromatic carbocycles. The second kappa shape index (κ2) is 5.11. The lowest BCUT2D eigenvalue weighted by molar-refractivity contribution is 0.0946. The zero-order valence-electron chi connectivity index (χ0n) is 9.30. The van der Waals surface area contributed by atoms with E-state index in [1.807, 2.05) is 24.3 Å². The third-order valence-electron chi connectivity index (χ3n) is 2.23. The molecule has 0 bridgehead atoms. The number of carbonyl (C=O) groups excluding carboxylic acids is 1. The number of hydrogen-bond donors (Lipinski definition) is 2. The molecule has 0 aliphatic rings. The molecule has 0 atom stereocenters. The van der Waals surface area contributed by atoms with Gasteiger partial charge in [-0.2, -0.15) is 15.4 Å². The van der Waals surface area contributed by atoms with Crippen LogP contribution in [0.25, 0.3) is 0 Å². The highest BCUT2D eigenvalue weighted by Crippen LogP contribution is 2.12. The lowest BCUT2D eigenvalue weighted by atomic mass is 10.2. The van der Waals surface area contributed by atoms with E-state index in [4.69, 9.17) is 4.74 Å². The summed E-state index contributed by atoms with van der Waals surface area (Å²) in [5.74, 6) is 0.500. The topological polar surface area (TPSA) is 79.9 Å².